The Bertz CT molecular complexity index is 1190. The lowest BCUT2D eigenvalue weighted by Crippen LogP contribution is -2.31. The number of anilines is 1. The molecule has 3 aromatic carbocycles. The van der Waals surface area contributed by atoms with Gasteiger partial charge in [-0.1, -0.05) is 48.5 Å². The lowest BCUT2D eigenvalue weighted by atomic mass is 10.0. The SMILES string of the molecule is O=C(COC(=O)CC(NC(=O)c1ccccc1)c1ccccc1)Nc1ccc(F)c([N+](=O)[O-])c1. The molecular formula is C24H20FN3O6. The summed E-state index contributed by atoms with van der Waals surface area (Å²) in [6.07, 6.45) is -0.238. The third-order valence-electron chi connectivity index (χ3n) is 4.70. The Morgan fingerprint density at radius 2 is 1.62 bits per heavy atom. The Hall–Kier alpha value is -4.60. The molecule has 2 amide bonds. The second-order valence-corrected chi connectivity index (χ2v) is 7.14. The zero-order valence-corrected chi connectivity index (χ0v) is 17.8. The highest BCUT2D eigenvalue weighted by Crippen LogP contribution is 2.22. The summed E-state index contributed by atoms with van der Waals surface area (Å²) in [6.45, 7) is -0.669. The number of nitro groups is 1. The number of rotatable bonds is 9. The molecule has 0 aliphatic heterocycles. The van der Waals surface area contributed by atoms with Crippen molar-refractivity contribution >= 4 is 29.2 Å². The second kappa shape index (κ2) is 11.3. The molecule has 0 saturated carbocycles. The predicted molar refractivity (Wildman–Crippen MR) is 120 cm³/mol. The van der Waals surface area contributed by atoms with Crippen LogP contribution in [-0.2, 0) is 14.3 Å². The average Bonchev–Trinajstić information content (AvgIpc) is 2.84. The number of benzene rings is 3. The fourth-order valence-electron chi connectivity index (χ4n) is 3.07. The van der Waals surface area contributed by atoms with Gasteiger partial charge in [-0.15, -0.1) is 0 Å². The molecule has 2 N–H and O–H groups in total. The van der Waals surface area contributed by atoms with Gasteiger partial charge in [0.25, 0.3) is 11.8 Å². The number of ether oxygens (including phenoxy) is 1. The number of amides is 2. The zero-order chi connectivity index (χ0) is 24.5. The summed E-state index contributed by atoms with van der Waals surface area (Å²) in [5.41, 5.74) is 0.275. The number of esters is 1. The van der Waals surface area contributed by atoms with Crippen LogP contribution in [0.5, 0.6) is 0 Å². The van der Waals surface area contributed by atoms with Crippen molar-refractivity contribution in [1.29, 1.82) is 0 Å². The maximum absolute atomic E-state index is 13.4. The van der Waals surface area contributed by atoms with Gasteiger partial charge in [0.2, 0.25) is 5.82 Å². The van der Waals surface area contributed by atoms with Gasteiger partial charge in [-0.2, -0.15) is 4.39 Å². The van der Waals surface area contributed by atoms with Crippen molar-refractivity contribution in [3.63, 3.8) is 0 Å². The predicted octanol–water partition coefficient (Wildman–Crippen LogP) is 3.78. The Balaban J connectivity index is 1.60. The van der Waals surface area contributed by atoms with Crippen molar-refractivity contribution < 1.29 is 28.4 Å². The number of hydrogen-bond acceptors (Lipinski definition) is 6. The smallest absolute Gasteiger partial charge is 0.308 e. The molecule has 0 bridgehead atoms. The van der Waals surface area contributed by atoms with Gasteiger partial charge in [0, 0.05) is 17.3 Å². The Morgan fingerprint density at radius 1 is 0.971 bits per heavy atom. The summed E-state index contributed by atoms with van der Waals surface area (Å²) in [7, 11) is 0. The van der Waals surface area contributed by atoms with Crippen molar-refractivity contribution in [2.45, 2.75) is 12.5 Å². The first-order valence-corrected chi connectivity index (χ1v) is 10.1. The Kier molecular flexibility index (Phi) is 8.01. The maximum Gasteiger partial charge on any atom is 0.308 e. The average molecular weight is 465 g/mol. The standard InChI is InChI=1S/C24H20FN3O6/c25-19-12-11-18(13-21(19)28(32)33)26-22(29)15-34-23(30)14-20(16-7-3-1-4-8-16)27-24(31)17-9-5-2-6-10-17/h1-13,20H,14-15H2,(H,26,29)(H,27,31). The molecule has 0 spiro atoms. The summed E-state index contributed by atoms with van der Waals surface area (Å²) < 4.78 is 18.4. The molecule has 9 nitrogen and oxygen atoms in total. The van der Waals surface area contributed by atoms with Gasteiger partial charge in [-0.3, -0.25) is 24.5 Å². The number of nitrogens with one attached hydrogen (secondary N) is 2. The van der Waals surface area contributed by atoms with E-state index >= 15 is 0 Å². The van der Waals surface area contributed by atoms with Crippen molar-refractivity contribution in [2.24, 2.45) is 0 Å². The molecule has 0 aliphatic carbocycles. The molecule has 174 valence electrons. The molecule has 0 aliphatic rings. The lowest BCUT2D eigenvalue weighted by Gasteiger charge is -2.19. The summed E-state index contributed by atoms with van der Waals surface area (Å²) in [4.78, 5) is 47.0. The number of hydrogen-bond donors (Lipinski definition) is 2. The van der Waals surface area contributed by atoms with Crippen LogP contribution >= 0.6 is 0 Å². The van der Waals surface area contributed by atoms with Crippen LogP contribution in [0.15, 0.2) is 78.9 Å². The van der Waals surface area contributed by atoms with Gasteiger partial charge in [-0.25, -0.2) is 0 Å². The molecule has 1 atom stereocenters. The van der Waals surface area contributed by atoms with E-state index in [-0.39, 0.29) is 18.0 Å². The zero-order valence-electron chi connectivity index (χ0n) is 17.8. The molecule has 34 heavy (non-hydrogen) atoms. The number of halogens is 1. The minimum absolute atomic E-state index is 0.0218. The quantitative estimate of drug-likeness (QED) is 0.281. The molecule has 0 radical (unpaired) electrons. The first kappa shape index (κ1) is 24.1. The highest BCUT2D eigenvalue weighted by Gasteiger charge is 2.21. The monoisotopic (exact) mass is 465 g/mol. The first-order chi connectivity index (χ1) is 16.3. The van der Waals surface area contributed by atoms with E-state index in [9.17, 15) is 28.9 Å². The lowest BCUT2D eigenvalue weighted by molar-refractivity contribution is -0.387. The van der Waals surface area contributed by atoms with Gasteiger partial charge in [0.1, 0.15) is 0 Å². The maximum atomic E-state index is 13.4. The van der Waals surface area contributed by atoms with Gasteiger partial charge >= 0.3 is 11.7 Å². The summed E-state index contributed by atoms with van der Waals surface area (Å²) >= 11 is 0. The number of nitro benzene ring substituents is 1. The molecule has 3 rings (SSSR count). The van der Waals surface area contributed by atoms with Crippen LogP contribution in [0.3, 0.4) is 0 Å². The van der Waals surface area contributed by atoms with E-state index in [0.29, 0.717) is 11.1 Å². The number of nitrogens with zero attached hydrogens (tertiary/aromatic N) is 1. The second-order valence-electron chi connectivity index (χ2n) is 7.14. The topological polar surface area (TPSA) is 128 Å². The normalized spacial score (nSPS) is 11.2. The van der Waals surface area contributed by atoms with Gasteiger partial charge in [0.15, 0.2) is 6.61 Å². The van der Waals surface area contributed by atoms with E-state index in [1.54, 1.807) is 60.7 Å². The van der Waals surface area contributed by atoms with Crippen molar-refractivity contribution in [3.8, 4) is 0 Å². The van der Waals surface area contributed by atoms with Gasteiger partial charge in [0.05, 0.1) is 17.4 Å². The molecule has 10 heteroatoms. The van der Waals surface area contributed by atoms with E-state index in [0.717, 1.165) is 18.2 Å². The summed E-state index contributed by atoms with van der Waals surface area (Å²) in [6, 6.07) is 19.4. The number of carbonyl (C=O) groups excluding carboxylic acids is 3. The fourth-order valence-corrected chi connectivity index (χ4v) is 3.07. The van der Waals surface area contributed by atoms with Crippen molar-refractivity contribution in [3.05, 3.63) is 106 Å². The molecular weight excluding hydrogens is 445 g/mol. The Labute approximate surface area is 193 Å². The third kappa shape index (κ3) is 6.70. The van der Waals surface area contributed by atoms with Crippen LogP contribution in [0.2, 0.25) is 0 Å². The van der Waals surface area contributed by atoms with E-state index in [1.165, 1.54) is 0 Å². The minimum atomic E-state index is -1.04. The van der Waals surface area contributed by atoms with E-state index in [4.69, 9.17) is 4.74 Å². The van der Waals surface area contributed by atoms with Gasteiger partial charge in [-0.05, 0) is 29.8 Å². The van der Waals surface area contributed by atoms with Gasteiger partial charge < -0.3 is 15.4 Å². The van der Waals surface area contributed by atoms with Crippen LogP contribution in [0.25, 0.3) is 0 Å². The van der Waals surface area contributed by atoms with Crippen molar-refractivity contribution in [1.82, 2.24) is 5.32 Å². The molecule has 0 fully saturated rings. The third-order valence-corrected chi connectivity index (χ3v) is 4.70. The molecule has 0 saturated heterocycles. The van der Waals surface area contributed by atoms with Crippen LogP contribution < -0.4 is 10.6 Å². The fraction of sp³-hybridized carbons (Fsp3) is 0.125. The first-order valence-electron chi connectivity index (χ1n) is 10.1. The number of carbonyl (C=O) groups is 3. The summed E-state index contributed by atoms with van der Waals surface area (Å²) in [5.74, 6) is -2.93. The molecule has 0 aromatic heterocycles. The highest BCUT2D eigenvalue weighted by atomic mass is 19.1. The van der Waals surface area contributed by atoms with E-state index < -0.39 is 41.0 Å². The van der Waals surface area contributed by atoms with E-state index in [1.807, 2.05) is 0 Å². The van der Waals surface area contributed by atoms with Crippen molar-refractivity contribution in [2.75, 3.05) is 11.9 Å². The minimum Gasteiger partial charge on any atom is -0.455 e. The van der Waals surface area contributed by atoms with E-state index in [2.05, 4.69) is 10.6 Å². The summed E-state index contributed by atoms with van der Waals surface area (Å²) in [5, 5.41) is 15.9. The molecule has 1 unspecified atom stereocenters. The van der Waals surface area contributed by atoms with Crippen LogP contribution in [0.4, 0.5) is 15.8 Å². The highest BCUT2D eigenvalue weighted by molar-refractivity contribution is 5.95. The molecule has 3 aromatic rings. The van der Waals surface area contributed by atoms with Crippen LogP contribution in [0.1, 0.15) is 28.4 Å². The largest absolute Gasteiger partial charge is 0.455 e. The molecule has 0 heterocycles. The Morgan fingerprint density at radius 3 is 2.26 bits per heavy atom. The van der Waals surface area contributed by atoms with Crippen LogP contribution in [0, 0.1) is 15.9 Å². The van der Waals surface area contributed by atoms with Crippen LogP contribution in [-0.4, -0.2) is 29.3 Å².